The van der Waals surface area contributed by atoms with Crippen LogP contribution in [0.4, 0.5) is 0 Å². The number of unbranched alkanes of at least 4 members (excludes halogenated alkanes) is 1. The number of ketones is 1. The molecule has 0 unspecified atom stereocenters. The Morgan fingerprint density at radius 3 is 2.40 bits per heavy atom. The summed E-state index contributed by atoms with van der Waals surface area (Å²) in [5.41, 5.74) is 2.57. The van der Waals surface area contributed by atoms with Crippen molar-refractivity contribution in [3.63, 3.8) is 0 Å². The normalized spacial score (nSPS) is 10.3. The second kappa shape index (κ2) is 6.39. The average Bonchev–Trinajstić information content (AvgIpc) is 2.28. The second-order valence-electron chi connectivity index (χ2n) is 3.94. The molecule has 0 aliphatic heterocycles. The van der Waals surface area contributed by atoms with Crippen molar-refractivity contribution >= 4 is 5.78 Å². The van der Waals surface area contributed by atoms with Crippen molar-refractivity contribution < 1.29 is 4.79 Å². The van der Waals surface area contributed by atoms with Gasteiger partial charge in [0.05, 0.1) is 0 Å². The molecule has 0 fully saturated rings. The first-order chi connectivity index (χ1) is 7.27. The number of Topliss-reactive ketones (excluding diaryl/α,β-unsaturated/α-hetero) is 1. The van der Waals surface area contributed by atoms with E-state index >= 15 is 0 Å². The first kappa shape index (κ1) is 12.0. The van der Waals surface area contributed by atoms with E-state index in [0.29, 0.717) is 18.6 Å². The zero-order valence-electron chi connectivity index (χ0n) is 9.75. The van der Waals surface area contributed by atoms with Crippen molar-refractivity contribution in [3.8, 4) is 0 Å². The zero-order chi connectivity index (χ0) is 11.1. The van der Waals surface area contributed by atoms with Gasteiger partial charge in [-0.3, -0.25) is 4.79 Å². The second-order valence-corrected chi connectivity index (χ2v) is 3.94. The molecule has 0 aliphatic rings. The minimum atomic E-state index is 0.332. The monoisotopic (exact) mass is 204 g/mol. The maximum Gasteiger partial charge on any atom is 0.137 e. The van der Waals surface area contributed by atoms with Crippen LogP contribution in [0.5, 0.6) is 0 Å². The van der Waals surface area contributed by atoms with Gasteiger partial charge in [-0.05, 0) is 24.0 Å². The Labute approximate surface area is 92.5 Å². The molecule has 0 spiro atoms. The molecule has 0 aromatic heterocycles. The quantitative estimate of drug-likeness (QED) is 0.692. The summed E-state index contributed by atoms with van der Waals surface area (Å²) in [6.07, 6.45) is 4.76. The lowest BCUT2D eigenvalue weighted by Crippen LogP contribution is -2.03. The van der Waals surface area contributed by atoms with Gasteiger partial charge >= 0.3 is 0 Å². The van der Waals surface area contributed by atoms with Crippen molar-refractivity contribution in [3.05, 3.63) is 35.4 Å². The number of carbonyl (C=O) groups is 1. The summed E-state index contributed by atoms with van der Waals surface area (Å²) in [6, 6.07) is 8.31. The van der Waals surface area contributed by atoms with E-state index in [0.717, 1.165) is 6.42 Å². The lowest BCUT2D eigenvalue weighted by Gasteiger charge is -2.07. The van der Waals surface area contributed by atoms with Gasteiger partial charge in [0, 0.05) is 12.8 Å². The van der Waals surface area contributed by atoms with Crippen LogP contribution >= 0.6 is 0 Å². The van der Waals surface area contributed by atoms with Crippen LogP contribution in [0.2, 0.25) is 0 Å². The molecule has 0 N–H and O–H groups in total. The lowest BCUT2D eigenvalue weighted by atomic mass is 9.98. The number of aryl methyl sites for hydroxylation is 1. The van der Waals surface area contributed by atoms with Crippen LogP contribution in [0, 0.1) is 0 Å². The molecule has 0 radical (unpaired) electrons. The number of carbonyl (C=O) groups excluding carboxylic acids is 1. The van der Waals surface area contributed by atoms with Crippen LogP contribution in [0.15, 0.2) is 24.3 Å². The molecule has 1 nitrogen and oxygen atoms in total. The average molecular weight is 204 g/mol. The number of hydrogen-bond acceptors (Lipinski definition) is 1. The minimum Gasteiger partial charge on any atom is -0.299 e. The van der Waals surface area contributed by atoms with Gasteiger partial charge in [-0.1, -0.05) is 44.5 Å². The molecule has 0 aliphatic carbocycles. The summed E-state index contributed by atoms with van der Waals surface area (Å²) in [5.74, 6) is 0.332. The summed E-state index contributed by atoms with van der Waals surface area (Å²) < 4.78 is 0. The van der Waals surface area contributed by atoms with Gasteiger partial charge in [-0.25, -0.2) is 0 Å². The van der Waals surface area contributed by atoms with E-state index in [9.17, 15) is 4.79 Å². The smallest absolute Gasteiger partial charge is 0.137 e. The predicted molar refractivity (Wildman–Crippen MR) is 64.1 cm³/mol. The molecule has 0 saturated heterocycles. The zero-order valence-corrected chi connectivity index (χ0v) is 9.75. The Balaban J connectivity index is 2.72. The summed E-state index contributed by atoms with van der Waals surface area (Å²) in [7, 11) is 0. The summed E-state index contributed by atoms with van der Waals surface area (Å²) >= 11 is 0. The molecular weight excluding hydrogens is 184 g/mol. The molecule has 0 atom stereocenters. The Hall–Kier alpha value is -1.11. The van der Waals surface area contributed by atoms with E-state index in [4.69, 9.17) is 0 Å². The van der Waals surface area contributed by atoms with Gasteiger partial charge in [0.1, 0.15) is 5.78 Å². The van der Waals surface area contributed by atoms with E-state index in [2.05, 4.69) is 25.1 Å². The molecule has 15 heavy (non-hydrogen) atoms. The van der Waals surface area contributed by atoms with Crippen molar-refractivity contribution in [2.24, 2.45) is 0 Å². The lowest BCUT2D eigenvalue weighted by molar-refractivity contribution is -0.118. The van der Waals surface area contributed by atoms with E-state index in [1.807, 2.05) is 13.0 Å². The Morgan fingerprint density at radius 1 is 1.13 bits per heavy atom. The fourth-order valence-corrected chi connectivity index (χ4v) is 1.68. The maximum atomic E-state index is 11.4. The number of hydrogen-bond donors (Lipinski definition) is 0. The highest BCUT2D eigenvalue weighted by Crippen LogP contribution is 2.13. The number of rotatable bonds is 6. The molecule has 1 aromatic rings. The van der Waals surface area contributed by atoms with Crippen molar-refractivity contribution in [2.45, 2.75) is 46.0 Å². The molecule has 0 saturated carbocycles. The minimum absolute atomic E-state index is 0.332. The molecule has 1 heteroatoms. The molecular formula is C14H20O. The fourth-order valence-electron chi connectivity index (χ4n) is 1.68. The van der Waals surface area contributed by atoms with E-state index in [-0.39, 0.29) is 0 Å². The van der Waals surface area contributed by atoms with Gasteiger partial charge in [0.15, 0.2) is 0 Å². The highest BCUT2D eigenvalue weighted by Gasteiger charge is 2.05. The number of benzene rings is 1. The molecule has 0 amide bonds. The van der Waals surface area contributed by atoms with Crippen LogP contribution in [0.25, 0.3) is 0 Å². The van der Waals surface area contributed by atoms with Crippen LogP contribution in [0.3, 0.4) is 0 Å². The summed E-state index contributed by atoms with van der Waals surface area (Å²) in [5, 5.41) is 0. The third-order valence-electron chi connectivity index (χ3n) is 2.70. The van der Waals surface area contributed by atoms with E-state index in [1.54, 1.807) is 0 Å². The molecule has 0 heterocycles. The van der Waals surface area contributed by atoms with Crippen molar-refractivity contribution in [1.82, 2.24) is 0 Å². The first-order valence-corrected chi connectivity index (χ1v) is 5.86. The van der Waals surface area contributed by atoms with Crippen LogP contribution < -0.4 is 0 Å². The Kier molecular flexibility index (Phi) is 5.09. The van der Waals surface area contributed by atoms with Gasteiger partial charge < -0.3 is 0 Å². The van der Waals surface area contributed by atoms with Crippen LogP contribution in [-0.2, 0) is 17.6 Å². The molecule has 0 bridgehead atoms. The van der Waals surface area contributed by atoms with E-state index < -0.39 is 0 Å². The van der Waals surface area contributed by atoms with Gasteiger partial charge in [0.2, 0.25) is 0 Å². The van der Waals surface area contributed by atoms with Crippen molar-refractivity contribution in [2.75, 3.05) is 0 Å². The SMILES string of the molecule is CCCCc1ccccc1CC(=O)CC. The first-order valence-electron chi connectivity index (χ1n) is 5.86. The molecule has 1 rings (SSSR count). The van der Waals surface area contributed by atoms with Crippen LogP contribution in [0.1, 0.15) is 44.2 Å². The van der Waals surface area contributed by atoms with Gasteiger partial charge in [-0.2, -0.15) is 0 Å². The van der Waals surface area contributed by atoms with Crippen LogP contribution in [-0.4, -0.2) is 5.78 Å². The predicted octanol–water partition coefficient (Wildman–Crippen LogP) is 3.55. The fraction of sp³-hybridized carbons (Fsp3) is 0.500. The summed E-state index contributed by atoms with van der Waals surface area (Å²) in [4.78, 5) is 11.4. The highest BCUT2D eigenvalue weighted by atomic mass is 16.1. The topological polar surface area (TPSA) is 17.1 Å². The van der Waals surface area contributed by atoms with Gasteiger partial charge in [-0.15, -0.1) is 0 Å². The maximum absolute atomic E-state index is 11.4. The Morgan fingerprint density at radius 2 is 1.80 bits per heavy atom. The third-order valence-corrected chi connectivity index (χ3v) is 2.70. The summed E-state index contributed by atoms with van der Waals surface area (Å²) in [6.45, 7) is 4.12. The largest absolute Gasteiger partial charge is 0.299 e. The molecule has 82 valence electrons. The van der Waals surface area contributed by atoms with Crippen molar-refractivity contribution in [1.29, 1.82) is 0 Å². The molecule has 1 aromatic carbocycles. The van der Waals surface area contributed by atoms with E-state index in [1.165, 1.54) is 24.0 Å². The van der Waals surface area contributed by atoms with Gasteiger partial charge in [0.25, 0.3) is 0 Å². The standard InChI is InChI=1S/C14H20O/c1-3-5-8-12-9-6-7-10-13(12)11-14(15)4-2/h6-7,9-10H,3-5,8,11H2,1-2H3. The third kappa shape index (κ3) is 3.86. The Bertz CT molecular complexity index is 315. The highest BCUT2D eigenvalue weighted by molar-refractivity contribution is 5.80.